The topological polar surface area (TPSA) is 23.6 Å². The lowest BCUT2D eigenvalue weighted by Gasteiger charge is -2.33. The van der Waals surface area contributed by atoms with Crippen LogP contribution >= 0.6 is 0 Å². The van der Waals surface area contributed by atoms with E-state index < -0.39 is 0 Å². The van der Waals surface area contributed by atoms with E-state index in [9.17, 15) is 4.79 Å². The zero-order chi connectivity index (χ0) is 11.4. The van der Waals surface area contributed by atoms with Gasteiger partial charge >= 0.3 is 0 Å². The molecule has 0 amide bonds. The van der Waals surface area contributed by atoms with E-state index in [2.05, 4.69) is 16.8 Å². The lowest BCUT2D eigenvalue weighted by Crippen LogP contribution is -2.47. The van der Waals surface area contributed by atoms with Gasteiger partial charge in [0.25, 0.3) is 0 Å². The van der Waals surface area contributed by atoms with E-state index in [1.165, 1.54) is 19.3 Å². The molecule has 0 spiro atoms. The molecule has 0 unspecified atom stereocenters. The first kappa shape index (κ1) is 12.1. The van der Waals surface area contributed by atoms with Crippen LogP contribution in [0.1, 0.15) is 32.1 Å². The monoisotopic (exact) mass is 224 g/mol. The van der Waals surface area contributed by atoms with Crippen molar-refractivity contribution in [1.29, 1.82) is 0 Å². The predicted octanol–water partition coefficient (Wildman–Crippen LogP) is 1.38. The van der Waals surface area contributed by atoms with Crippen LogP contribution in [-0.4, -0.2) is 55.4 Å². The maximum absolute atomic E-state index is 12.1. The number of rotatable bonds is 3. The first-order valence-corrected chi connectivity index (χ1v) is 6.69. The molecule has 1 saturated heterocycles. The van der Waals surface area contributed by atoms with Crippen molar-refractivity contribution in [2.75, 3.05) is 39.8 Å². The second-order valence-corrected chi connectivity index (χ2v) is 5.38. The number of likely N-dealkylation sites (N-methyl/N-ethyl adjacent to an activating group) is 1. The molecule has 92 valence electrons. The number of nitrogens with zero attached hydrogens (tertiary/aromatic N) is 2. The third kappa shape index (κ3) is 3.29. The minimum atomic E-state index is 0.383. The van der Waals surface area contributed by atoms with Crippen LogP contribution in [0.3, 0.4) is 0 Å². The van der Waals surface area contributed by atoms with Gasteiger partial charge in [-0.25, -0.2) is 0 Å². The van der Waals surface area contributed by atoms with E-state index in [1.54, 1.807) is 0 Å². The second kappa shape index (κ2) is 5.78. The molecular weight excluding hydrogens is 200 g/mol. The van der Waals surface area contributed by atoms with Crippen molar-refractivity contribution in [1.82, 2.24) is 9.80 Å². The average Bonchev–Trinajstić information content (AvgIpc) is 2.33. The molecule has 1 aliphatic carbocycles. The summed E-state index contributed by atoms with van der Waals surface area (Å²) >= 11 is 0. The SMILES string of the molecule is CN1CCN(CC(=O)C2CCCCC2)CC1. The summed E-state index contributed by atoms with van der Waals surface area (Å²) in [6, 6.07) is 0. The molecule has 1 heterocycles. The highest BCUT2D eigenvalue weighted by atomic mass is 16.1. The van der Waals surface area contributed by atoms with E-state index >= 15 is 0 Å². The summed E-state index contributed by atoms with van der Waals surface area (Å²) in [6.45, 7) is 5.05. The summed E-state index contributed by atoms with van der Waals surface area (Å²) in [4.78, 5) is 16.8. The summed E-state index contributed by atoms with van der Waals surface area (Å²) in [5.41, 5.74) is 0. The molecule has 3 nitrogen and oxygen atoms in total. The number of ketones is 1. The predicted molar refractivity (Wildman–Crippen MR) is 65.5 cm³/mol. The Morgan fingerprint density at radius 3 is 2.31 bits per heavy atom. The van der Waals surface area contributed by atoms with E-state index in [0.29, 0.717) is 18.2 Å². The fourth-order valence-corrected chi connectivity index (χ4v) is 2.78. The Balaban J connectivity index is 1.73. The average molecular weight is 224 g/mol. The van der Waals surface area contributed by atoms with Crippen molar-refractivity contribution in [3.8, 4) is 0 Å². The van der Waals surface area contributed by atoms with Gasteiger partial charge in [0.2, 0.25) is 0 Å². The third-order valence-corrected chi connectivity index (χ3v) is 4.04. The zero-order valence-electron chi connectivity index (χ0n) is 10.5. The van der Waals surface area contributed by atoms with Crippen molar-refractivity contribution in [3.63, 3.8) is 0 Å². The minimum Gasteiger partial charge on any atom is -0.304 e. The highest BCUT2D eigenvalue weighted by Crippen LogP contribution is 2.24. The largest absolute Gasteiger partial charge is 0.304 e. The fourth-order valence-electron chi connectivity index (χ4n) is 2.78. The van der Waals surface area contributed by atoms with Crippen molar-refractivity contribution in [2.45, 2.75) is 32.1 Å². The molecule has 0 aromatic heterocycles. The number of hydrogen-bond acceptors (Lipinski definition) is 3. The van der Waals surface area contributed by atoms with E-state index in [-0.39, 0.29) is 0 Å². The van der Waals surface area contributed by atoms with Gasteiger partial charge in [-0.2, -0.15) is 0 Å². The number of piperazine rings is 1. The van der Waals surface area contributed by atoms with Crippen LogP contribution < -0.4 is 0 Å². The van der Waals surface area contributed by atoms with Gasteiger partial charge in [-0.15, -0.1) is 0 Å². The van der Waals surface area contributed by atoms with Crippen molar-refractivity contribution < 1.29 is 4.79 Å². The lowest BCUT2D eigenvalue weighted by molar-refractivity contribution is -0.125. The van der Waals surface area contributed by atoms with Crippen molar-refractivity contribution >= 4 is 5.78 Å². The van der Waals surface area contributed by atoms with Crippen LogP contribution in [0.5, 0.6) is 0 Å². The molecule has 0 aromatic rings. The normalized spacial score (nSPS) is 25.8. The van der Waals surface area contributed by atoms with Gasteiger partial charge < -0.3 is 4.90 Å². The Hall–Kier alpha value is -0.410. The Bertz CT molecular complexity index is 228. The fraction of sp³-hybridized carbons (Fsp3) is 0.923. The number of hydrogen-bond donors (Lipinski definition) is 0. The zero-order valence-corrected chi connectivity index (χ0v) is 10.5. The molecule has 3 heteroatoms. The Labute approximate surface area is 98.8 Å². The van der Waals surface area contributed by atoms with Crippen molar-refractivity contribution in [2.24, 2.45) is 5.92 Å². The maximum atomic E-state index is 12.1. The summed E-state index contributed by atoms with van der Waals surface area (Å²) in [5, 5.41) is 0. The summed E-state index contributed by atoms with van der Waals surface area (Å²) in [6.07, 6.45) is 6.15. The first-order chi connectivity index (χ1) is 7.75. The molecule has 1 aliphatic heterocycles. The van der Waals surface area contributed by atoms with Crippen LogP contribution in [0.4, 0.5) is 0 Å². The van der Waals surface area contributed by atoms with Gasteiger partial charge in [0.15, 0.2) is 0 Å². The van der Waals surface area contributed by atoms with Gasteiger partial charge in [-0.1, -0.05) is 19.3 Å². The Morgan fingerprint density at radius 2 is 1.69 bits per heavy atom. The molecule has 0 atom stereocenters. The Kier molecular flexibility index (Phi) is 4.36. The molecule has 0 N–H and O–H groups in total. The van der Waals surface area contributed by atoms with Gasteiger partial charge in [0, 0.05) is 32.1 Å². The van der Waals surface area contributed by atoms with Gasteiger partial charge in [-0.3, -0.25) is 9.69 Å². The van der Waals surface area contributed by atoms with E-state index in [1.807, 2.05) is 0 Å². The first-order valence-electron chi connectivity index (χ1n) is 6.69. The highest BCUT2D eigenvalue weighted by Gasteiger charge is 2.24. The minimum absolute atomic E-state index is 0.383. The van der Waals surface area contributed by atoms with Gasteiger partial charge in [0.05, 0.1) is 6.54 Å². The molecule has 16 heavy (non-hydrogen) atoms. The van der Waals surface area contributed by atoms with Crippen molar-refractivity contribution in [3.05, 3.63) is 0 Å². The summed E-state index contributed by atoms with van der Waals surface area (Å²) in [5.74, 6) is 0.887. The smallest absolute Gasteiger partial charge is 0.149 e. The van der Waals surface area contributed by atoms with Crippen LogP contribution in [0.25, 0.3) is 0 Å². The van der Waals surface area contributed by atoms with Crippen LogP contribution in [-0.2, 0) is 4.79 Å². The van der Waals surface area contributed by atoms with Crippen LogP contribution in [0, 0.1) is 5.92 Å². The number of carbonyl (C=O) groups excluding carboxylic acids is 1. The quantitative estimate of drug-likeness (QED) is 0.723. The van der Waals surface area contributed by atoms with Crippen LogP contribution in [0.2, 0.25) is 0 Å². The number of Topliss-reactive ketones (excluding diaryl/α,β-unsaturated/α-hetero) is 1. The highest BCUT2D eigenvalue weighted by molar-refractivity contribution is 5.83. The second-order valence-electron chi connectivity index (χ2n) is 5.38. The molecule has 2 rings (SSSR count). The molecule has 0 aromatic carbocycles. The molecule has 0 radical (unpaired) electrons. The molecular formula is C13H24N2O. The third-order valence-electron chi connectivity index (χ3n) is 4.04. The summed E-state index contributed by atoms with van der Waals surface area (Å²) < 4.78 is 0. The standard InChI is InChI=1S/C13H24N2O/c1-14-7-9-15(10-8-14)11-13(16)12-5-3-2-4-6-12/h12H,2-11H2,1H3. The molecule has 1 saturated carbocycles. The van der Waals surface area contributed by atoms with Gasteiger partial charge in [-0.05, 0) is 19.9 Å². The number of carbonyl (C=O) groups is 1. The molecule has 2 fully saturated rings. The molecule has 0 bridgehead atoms. The lowest BCUT2D eigenvalue weighted by atomic mass is 9.86. The van der Waals surface area contributed by atoms with Crippen LogP contribution in [0.15, 0.2) is 0 Å². The maximum Gasteiger partial charge on any atom is 0.149 e. The van der Waals surface area contributed by atoms with E-state index in [4.69, 9.17) is 0 Å². The van der Waals surface area contributed by atoms with Gasteiger partial charge in [0.1, 0.15) is 5.78 Å². The Morgan fingerprint density at radius 1 is 1.06 bits per heavy atom. The van der Waals surface area contributed by atoms with E-state index in [0.717, 1.165) is 39.0 Å². The summed E-state index contributed by atoms with van der Waals surface area (Å²) in [7, 11) is 2.15. The molecule has 2 aliphatic rings.